The van der Waals surface area contributed by atoms with Gasteiger partial charge < -0.3 is 71.1 Å². The van der Waals surface area contributed by atoms with Crippen molar-refractivity contribution in [2.45, 2.75) is 141 Å². The zero-order valence-electron chi connectivity index (χ0n) is 57.0. The van der Waals surface area contributed by atoms with Crippen molar-refractivity contribution in [2.24, 2.45) is 5.73 Å². The van der Waals surface area contributed by atoms with Crippen LogP contribution in [0.25, 0.3) is 0 Å². The quantitative estimate of drug-likeness (QED) is 0.0120. The molecule has 5 unspecified atom stereocenters. The van der Waals surface area contributed by atoms with Crippen LogP contribution in [0.1, 0.15) is 128 Å². The molecule has 6 aromatic rings. The van der Waals surface area contributed by atoms with Crippen molar-refractivity contribution in [3.05, 3.63) is 179 Å². The molecule has 0 spiro atoms. The van der Waals surface area contributed by atoms with E-state index in [9.17, 15) is 64.8 Å². The molecule has 8 rings (SSSR count). The molecule has 2 heterocycles. The fourth-order valence-electron chi connectivity index (χ4n) is 9.38. The van der Waals surface area contributed by atoms with Crippen molar-refractivity contribution in [1.29, 1.82) is 0 Å². The van der Waals surface area contributed by atoms with Crippen LogP contribution in [0.4, 0.5) is 0 Å². The first kappa shape index (κ1) is 97.5. The van der Waals surface area contributed by atoms with Gasteiger partial charge in [0.1, 0.15) is 40.6 Å². The standard InChI is InChI=1S/C20H20N2O6S.C19H19N3O7S.C13H17NO4.C12H17NO5.C4H9NO4.4CH4/c1-13(23)18(21-29(26,27)15-9-7-14(28-2)8-10-15)11-12-22-19(24)16-5-3-4-6-17(16)20(22)25;1-29-12-6-8-13(9-7-12)30(27,28)21-16(17(23)20-26)10-11-22-18(24)14-4-2-3-5-15(14)19(22)25;1-9(15)12(7-13(16)17)14-8-10-3-5-11(18-2)6-4-10;1-18-9-4-2-8(3-5-9)7-13-10(12(16)17)6-11(14)15;5-2(4(8)9)1-3(6)7;;;;/h3-10,18,21H,11-12H2,1-2H3;2-9,16,21,26H,10-11H2,1H3,(H,20,23);3-6,12,14H,7-8H2,1-2H3,(H,16,17);2-5,10,12-13,16-17H,6-7H2,1H3,(H,14,15);2,4,8-9H,1,5H2,(H,6,7);4*1H4. The number of hydrogen-bond donors (Lipinski definition) is 14. The number of nitrogens with one attached hydrogen (secondary N) is 5. The SMILES string of the molecule is C.C.C.C.COc1ccc(CNC(CC(=O)O)C(C)=O)cc1.COc1ccc(CNC(CC(=O)O)C(O)O)cc1.COc1ccc(S(=O)(=O)NC(CCN2C(=O)c3ccccc3C2=O)C(=O)NO)cc1.COc1ccc(S(=O)(=O)NC(CCN2C(=O)c3ccccc3C2=O)C(C)=O)cc1.NC(CC(=O)O)C(O)O. The van der Waals surface area contributed by atoms with Crippen molar-refractivity contribution in [3.8, 4) is 23.0 Å². The highest BCUT2D eigenvalue weighted by molar-refractivity contribution is 7.89. The average molecular weight is 1560 g/mol. The van der Waals surface area contributed by atoms with Gasteiger partial charge in [0.2, 0.25) is 20.0 Å². The van der Waals surface area contributed by atoms with E-state index in [1.165, 1.54) is 94.2 Å². The second-order valence-corrected chi connectivity index (χ2v) is 25.9. The van der Waals surface area contributed by atoms with Crippen molar-refractivity contribution in [1.82, 2.24) is 35.4 Å². The number of sulfonamides is 2. The third-order valence-corrected chi connectivity index (χ3v) is 18.1. The summed E-state index contributed by atoms with van der Waals surface area (Å²) in [6.45, 7) is 3.12. The van der Waals surface area contributed by atoms with Gasteiger partial charge in [-0.3, -0.25) is 63.0 Å². The number of aliphatic carboxylic acids is 3. The number of rotatable bonds is 33. The van der Waals surface area contributed by atoms with E-state index in [0.717, 1.165) is 32.4 Å². The first-order valence-corrected chi connectivity index (χ1v) is 34.1. The van der Waals surface area contributed by atoms with Gasteiger partial charge in [0.05, 0.1) is 104 Å². The Bertz CT molecular complexity index is 4080. The zero-order chi connectivity index (χ0) is 77.6. The number of carboxylic acid groups (broad SMARTS) is 3. The second kappa shape index (κ2) is 47.3. The number of nitrogens with two attached hydrogens (primary N) is 1. The number of amides is 5. The molecule has 6 aromatic carbocycles. The minimum atomic E-state index is -4.13. The third kappa shape index (κ3) is 30.4. The molecule has 5 amide bonds. The van der Waals surface area contributed by atoms with Gasteiger partial charge in [0.25, 0.3) is 29.5 Å². The molecule has 0 bridgehead atoms. The summed E-state index contributed by atoms with van der Waals surface area (Å²) >= 11 is 0. The van der Waals surface area contributed by atoms with Crippen LogP contribution in [0.3, 0.4) is 0 Å². The van der Waals surface area contributed by atoms with Crippen LogP contribution in [0.5, 0.6) is 23.0 Å². The number of fused-ring (bicyclic) bond motifs is 2. The lowest BCUT2D eigenvalue weighted by atomic mass is 10.1. The van der Waals surface area contributed by atoms with E-state index in [0.29, 0.717) is 35.7 Å². The normalized spacial score (nSPS) is 13.1. The number of imide groups is 2. The summed E-state index contributed by atoms with van der Waals surface area (Å²) in [5.74, 6) is -4.38. The fraction of sp³-hybridized carbons (Fsp3) is 0.361. The number of Topliss-reactive ketones (excluding diaryl/α,β-unsaturated/α-hetero) is 2. The molecule has 2 aliphatic heterocycles. The number of aliphatic hydroxyl groups is 4. The largest absolute Gasteiger partial charge is 0.497 e. The molecule has 0 aliphatic carbocycles. The number of ether oxygens (including phenoxy) is 4. The molecule has 0 fully saturated rings. The lowest BCUT2D eigenvalue weighted by Crippen LogP contribution is -2.47. The van der Waals surface area contributed by atoms with Crippen molar-refractivity contribution >= 4 is 79.1 Å². The van der Waals surface area contributed by atoms with Crippen LogP contribution < -0.4 is 50.2 Å². The predicted molar refractivity (Wildman–Crippen MR) is 394 cm³/mol. The van der Waals surface area contributed by atoms with E-state index in [1.54, 1.807) is 62.8 Å². The minimum absolute atomic E-state index is 0. The summed E-state index contributed by atoms with van der Waals surface area (Å²) in [6.07, 6.45) is -4.72. The number of nitrogens with zero attached hydrogens (tertiary/aromatic N) is 2. The molecule has 0 aromatic heterocycles. The number of hydroxylamine groups is 1. The summed E-state index contributed by atoms with van der Waals surface area (Å²) in [5, 5.41) is 74.6. The highest BCUT2D eigenvalue weighted by Gasteiger charge is 2.38. The Balaban J connectivity index is 0.00000137. The number of carbonyl (C=O) groups is 10. The van der Waals surface area contributed by atoms with Gasteiger partial charge in [-0.15, -0.1) is 0 Å². The van der Waals surface area contributed by atoms with Crippen LogP contribution >= 0.6 is 0 Å². The minimum Gasteiger partial charge on any atom is -0.497 e. The fourth-order valence-corrected chi connectivity index (χ4v) is 11.9. The lowest BCUT2D eigenvalue weighted by molar-refractivity contribution is -0.142. The molecular weight excluding hydrogens is 1460 g/mol. The first-order valence-electron chi connectivity index (χ1n) is 31.2. The van der Waals surface area contributed by atoms with Crippen LogP contribution in [0.15, 0.2) is 155 Å². The molecule has 2 aliphatic rings. The molecule has 15 N–H and O–H groups in total. The van der Waals surface area contributed by atoms with E-state index in [2.05, 4.69) is 20.1 Å². The van der Waals surface area contributed by atoms with E-state index >= 15 is 0 Å². The number of methoxy groups -OCH3 is 4. The van der Waals surface area contributed by atoms with Gasteiger partial charge in [-0.05, 0) is 135 Å². The molecule has 5 atom stereocenters. The third-order valence-electron chi connectivity index (χ3n) is 15.1. The van der Waals surface area contributed by atoms with Crippen LogP contribution in [0.2, 0.25) is 0 Å². The summed E-state index contributed by atoms with van der Waals surface area (Å²) in [7, 11) is -2.05. The predicted octanol–water partition coefficient (Wildman–Crippen LogP) is 3.95. The molecule has 34 nitrogen and oxygen atoms in total. The maximum atomic E-state index is 12.6. The highest BCUT2D eigenvalue weighted by atomic mass is 32.2. The molecule has 594 valence electrons. The highest BCUT2D eigenvalue weighted by Crippen LogP contribution is 2.26. The Morgan fingerprint density at radius 2 is 0.741 bits per heavy atom. The van der Waals surface area contributed by atoms with Gasteiger partial charge in [-0.25, -0.2) is 27.0 Å². The van der Waals surface area contributed by atoms with Gasteiger partial charge in [0, 0.05) is 26.2 Å². The number of carbonyl (C=O) groups excluding carboxylic acids is 7. The van der Waals surface area contributed by atoms with Crippen molar-refractivity contribution in [2.75, 3.05) is 41.5 Å². The van der Waals surface area contributed by atoms with Crippen molar-refractivity contribution < 1.29 is 125 Å². The van der Waals surface area contributed by atoms with Crippen LogP contribution in [-0.4, -0.2) is 211 Å². The number of carboxylic acids is 3. The maximum absolute atomic E-state index is 12.6. The number of benzene rings is 6. The van der Waals surface area contributed by atoms with Gasteiger partial charge in [-0.1, -0.05) is 78.2 Å². The van der Waals surface area contributed by atoms with E-state index in [4.69, 9.17) is 65.6 Å². The molecule has 36 heteroatoms. The van der Waals surface area contributed by atoms with Gasteiger partial charge >= 0.3 is 17.9 Å². The molecule has 0 radical (unpaired) electrons. The second-order valence-electron chi connectivity index (χ2n) is 22.5. The first-order chi connectivity index (χ1) is 49.1. The van der Waals surface area contributed by atoms with Gasteiger partial charge in [-0.2, -0.15) is 4.72 Å². The lowest BCUT2D eigenvalue weighted by Gasteiger charge is -2.20. The maximum Gasteiger partial charge on any atom is 0.305 e. The Hall–Kier alpha value is -10.5. The average Bonchev–Trinajstić information content (AvgIpc) is 1.63. The van der Waals surface area contributed by atoms with Crippen molar-refractivity contribution in [3.63, 3.8) is 0 Å². The van der Waals surface area contributed by atoms with E-state index in [1.807, 2.05) is 36.4 Å². The smallest absolute Gasteiger partial charge is 0.305 e. The zero-order valence-corrected chi connectivity index (χ0v) is 58.6. The number of aliphatic hydroxyl groups excluding tert-OH is 2. The van der Waals surface area contributed by atoms with E-state index < -0.39 is 122 Å². The van der Waals surface area contributed by atoms with Crippen LogP contribution in [-0.2, 0) is 61.9 Å². The molecule has 108 heavy (non-hydrogen) atoms. The van der Waals surface area contributed by atoms with E-state index in [-0.39, 0.29) is 95.2 Å². The molecule has 0 saturated heterocycles. The van der Waals surface area contributed by atoms with Crippen LogP contribution in [0, 0.1) is 0 Å². The number of ketones is 2. The topological polar surface area (TPSA) is 530 Å². The molecule has 0 saturated carbocycles. The van der Waals surface area contributed by atoms with Gasteiger partial charge in [0.15, 0.2) is 12.6 Å². The Labute approximate surface area is 626 Å². The summed E-state index contributed by atoms with van der Waals surface area (Å²) in [5.41, 5.74) is 9.28. The Kier molecular flexibility index (Phi) is 42.7. The summed E-state index contributed by atoms with van der Waals surface area (Å²) in [4.78, 5) is 118. The number of hydrogen-bond acceptors (Lipinski definition) is 26. The summed E-state index contributed by atoms with van der Waals surface area (Å²) < 4.78 is 75.0. The molecular formula is C72H98N8O26S2. The Morgan fingerprint density at radius 1 is 0.435 bits per heavy atom. The Morgan fingerprint density at radius 3 is 1.02 bits per heavy atom. The monoisotopic (exact) mass is 1550 g/mol. The summed E-state index contributed by atoms with van der Waals surface area (Å²) in [6, 6.07) is 33.3.